The van der Waals surface area contributed by atoms with Gasteiger partial charge in [-0.15, -0.1) is 0 Å². The van der Waals surface area contributed by atoms with Crippen molar-refractivity contribution < 1.29 is 49.3 Å². The number of allylic oxidation sites excluding steroid dienone is 11. The number of aliphatic hydroxyl groups is 5. The molecule has 0 aromatic heterocycles. The largest absolute Gasteiger partial charge is 0.454 e. The first-order chi connectivity index (χ1) is 36.2. The van der Waals surface area contributed by atoms with Gasteiger partial charge in [0.15, 0.2) is 12.4 Å². The Balaban J connectivity index is 2.70. The summed E-state index contributed by atoms with van der Waals surface area (Å²) in [5, 5.41) is 56.8. The van der Waals surface area contributed by atoms with Crippen LogP contribution in [0.1, 0.15) is 252 Å². The first-order valence-corrected chi connectivity index (χ1v) is 30.2. The van der Waals surface area contributed by atoms with E-state index in [9.17, 15) is 35.1 Å². The van der Waals surface area contributed by atoms with Gasteiger partial charge in [0.25, 0.3) is 0 Å². The molecule has 74 heavy (non-hydrogen) atoms. The highest BCUT2D eigenvalue weighted by Gasteiger charge is 2.47. The minimum absolute atomic E-state index is 0.0985. The molecule has 1 rings (SSSR count). The van der Waals surface area contributed by atoms with Crippen molar-refractivity contribution in [2.24, 2.45) is 0 Å². The van der Waals surface area contributed by atoms with Gasteiger partial charge < -0.3 is 45.1 Å². The zero-order valence-electron chi connectivity index (χ0n) is 47.2. The molecule has 6 N–H and O–H groups in total. The molecule has 0 spiro atoms. The number of amides is 1. The van der Waals surface area contributed by atoms with Crippen LogP contribution in [-0.2, 0) is 23.8 Å². The van der Waals surface area contributed by atoms with Crippen LogP contribution in [0.15, 0.2) is 72.9 Å². The fraction of sp³-hybridized carbons (Fsp3) is 0.778. The Morgan fingerprint density at radius 2 is 0.932 bits per heavy atom. The molecule has 0 aromatic rings. The second-order valence-corrected chi connectivity index (χ2v) is 20.7. The smallest absolute Gasteiger partial charge is 0.306 e. The summed E-state index contributed by atoms with van der Waals surface area (Å²) in [6.45, 7) is 5.72. The number of carbonyl (C=O) groups is 2. The predicted molar refractivity (Wildman–Crippen MR) is 306 cm³/mol. The first-order valence-electron chi connectivity index (χ1n) is 30.2. The Kier molecular flexibility index (Phi) is 47.5. The molecule has 0 aliphatic carbocycles. The Bertz CT molecular complexity index is 1480. The molecule has 11 heteroatoms. The van der Waals surface area contributed by atoms with Crippen LogP contribution in [0.25, 0.3) is 0 Å². The lowest BCUT2D eigenvalue weighted by Crippen LogP contribution is -2.61. The molecule has 0 saturated carbocycles. The molecule has 8 atom stereocenters. The number of rotatable bonds is 50. The summed E-state index contributed by atoms with van der Waals surface area (Å²) < 4.78 is 17.6. The normalized spacial score (nSPS) is 19.8. The van der Waals surface area contributed by atoms with Crippen molar-refractivity contribution in [3.05, 3.63) is 72.9 Å². The maximum absolute atomic E-state index is 13.4. The molecule has 0 aromatic carbocycles. The van der Waals surface area contributed by atoms with Crippen LogP contribution >= 0.6 is 0 Å². The third-order valence-corrected chi connectivity index (χ3v) is 13.8. The molecule has 1 aliphatic heterocycles. The molecule has 1 saturated heterocycles. The maximum Gasteiger partial charge on any atom is 0.306 e. The van der Waals surface area contributed by atoms with Crippen molar-refractivity contribution in [2.75, 3.05) is 13.2 Å². The summed E-state index contributed by atoms with van der Waals surface area (Å²) in [6, 6.07) is -1.04. The lowest BCUT2D eigenvalue weighted by molar-refractivity contribution is -0.305. The SMILES string of the molecule is CCCCC/C=C\C/C=C\C/C=C\C/C=C\CCCCCCCC(=O)OC1C(OCC(NC(=O)C(O)CCCC/C=C\CCCCCCCC)C(O)/C=C/CCCCCCCCCCCC)OC(CO)C(O)C1O. The number of hydrogen-bond donors (Lipinski definition) is 6. The number of ether oxygens (including phenoxy) is 3. The summed E-state index contributed by atoms with van der Waals surface area (Å²) >= 11 is 0. The summed E-state index contributed by atoms with van der Waals surface area (Å²) in [6.07, 6.45) is 53.7. The molecule has 1 fully saturated rings. The van der Waals surface area contributed by atoms with Gasteiger partial charge in [-0.3, -0.25) is 9.59 Å². The lowest BCUT2D eigenvalue weighted by atomic mass is 9.99. The van der Waals surface area contributed by atoms with E-state index in [0.717, 1.165) is 89.9 Å². The van der Waals surface area contributed by atoms with E-state index in [4.69, 9.17) is 14.2 Å². The van der Waals surface area contributed by atoms with Crippen LogP contribution in [0.2, 0.25) is 0 Å². The molecule has 0 radical (unpaired) electrons. The number of aliphatic hydroxyl groups excluding tert-OH is 5. The third kappa shape index (κ3) is 38.6. The van der Waals surface area contributed by atoms with Gasteiger partial charge in [0, 0.05) is 6.42 Å². The fourth-order valence-electron chi connectivity index (χ4n) is 8.98. The third-order valence-electron chi connectivity index (χ3n) is 13.8. The topological polar surface area (TPSA) is 175 Å². The zero-order chi connectivity index (χ0) is 54.0. The molecule has 11 nitrogen and oxygen atoms in total. The highest BCUT2D eigenvalue weighted by atomic mass is 16.7. The van der Waals surface area contributed by atoms with E-state index in [1.807, 2.05) is 6.08 Å². The van der Waals surface area contributed by atoms with Crippen LogP contribution < -0.4 is 5.32 Å². The quantitative estimate of drug-likeness (QED) is 0.0195. The van der Waals surface area contributed by atoms with Gasteiger partial charge in [-0.1, -0.05) is 222 Å². The van der Waals surface area contributed by atoms with Gasteiger partial charge in [-0.2, -0.15) is 0 Å². The fourth-order valence-corrected chi connectivity index (χ4v) is 8.98. The molecular formula is C63H111NO10. The van der Waals surface area contributed by atoms with Crippen molar-refractivity contribution >= 4 is 11.9 Å². The van der Waals surface area contributed by atoms with Crippen molar-refractivity contribution in [3.8, 4) is 0 Å². The van der Waals surface area contributed by atoms with E-state index in [0.29, 0.717) is 12.8 Å². The average molecular weight is 1040 g/mol. The first kappa shape index (κ1) is 69.1. The number of hydrogen-bond acceptors (Lipinski definition) is 10. The highest BCUT2D eigenvalue weighted by molar-refractivity contribution is 5.80. The summed E-state index contributed by atoms with van der Waals surface area (Å²) in [7, 11) is 0. The van der Waals surface area contributed by atoms with Gasteiger partial charge in [-0.05, 0) is 96.3 Å². The predicted octanol–water partition coefficient (Wildman–Crippen LogP) is 14.0. The van der Waals surface area contributed by atoms with Crippen LogP contribution in [-0.4, -0.2) is 99.6 Å². The molecule has 1 aliphatic rings. The summed E-state index contributed by atoms with van der Waals surface area (Å²) in [5.74, 6) is -1.23. The van der Waals surface area contributed by atoms with E-state index in [1.54, 1.807) is 6.08 Å². The Hall–Kier alpha value is -2.90. The van der Waals surface area contributed by atoms with Crippen molar-refractivity contribution in [1.82, 2.24) is 5.32 Å². The van der Waals surface area contributed by atoms with E-state index in [1.165, 1.54) is 116 Å². The molecule has 8 unspecified atom stereocenters. The summed E-state index contributed by atoms with van der Waals surface area (Å²) in [5.41, 5.74) is 0. The van der Waals surface area contributed by atoms with Crippen molar-refractivity contribution in [1.29, 1.82) is 0 Å². The average Bonchev–Trinajstić information content (AvgIpc) is 3.40. The second-order valence-electron chi connectivity index (χ2n) is 20.7. The molecule has 1 amide bonds. The van der Waals surface area contributed by atoms with E-state index in [2.05, 4.69) is 86.8 Å². The van der Waals surface area contributed by atoms with Gasteiger partial charge in [0.1, 0.15) is 24.4 Å². The lowest BCUT2D eigenvalue weighted by Gasteiger charge is -2.41. The van der Waals surface area contributed by atoms with Gasteiger partial charge in [0.2, 0.25) is 5.91 Å². The number of carbonyl (C=O) groups excluding carboxylic acids is 2. The number of unbranched alkanes of at least 4 members (excludes halogenated alkanes) is 26. The molecular weight excluding hydrogens is 931 g/mol. The Labute approximate surface area is 451 Å². The van der Waals surface area contributed by atoms with Crippen LogP contribution in [0, 0.1) is 0 Å². The van der Waals surface area contributed by atoms with E-state index >= 15 is 0 Å². The number of esters is 1. The number of nitrogens with one attached hydrogen (secondary N) is 1. The maximum atomic E-state index is 13.4. The van der Waals surface area contributed by atoms with Crippen molar-refractivity contribution in [2.45, 2.75) is 301 Å². The second kappa shape index (κ2) is 50.9. The Morgan fingerprint density at radius 3 is 1.43 bits per heavy atom. The minimum atomic E-state index is -1.63. The van der Waals surface area contributed by atoms with Gasteiger partial charge in [-0.25, -0.2) is 0 Å². The molecule has 0 bridgehead atoms. The van der Waals surface area contributed by atoms with Crippen LogP contribution in [0.3, 0.4) is 0 Å². The summed E-state index contributed by atoms with van der Waals surface area (Å²) in [4.78, 5) is 26.5. The van der Waals surface area contributed by atoms with E-state index in [-0.39, 0.29) is 19.4 Å². The van der Waals surface area contributed by atoms with E-state index < -0.39 is 67.4 Å². The van der Waals surface area contributed by atoms with Crippen LogP contribution in [0.5, 0.6) is 0 Å². The molecule has 1 heterocycles. The molecule has 428 valence electrons. The monoisotopic (exact) mass is 1040 g/mol. The van der Waals surface area contributed by atoms with Gasteiger partial charge >= 0.3 is 5.97 Å². The zero-order valence-corrected chi connectivity index (χ0v) is 47.2. The standard InChI is InChI=1S/C63H111NO10/c1-4-7-10-13-16-19-22-25-26-27-28-29-30-31-32-33-36-39-42-45-48-51-58(68)74-61-60(70)59(69)57(52-65)73-63(61)72-53-54(55(66)49-46-43-40-37-34-23-20-17-14-11-8-5-2)64-62(71)56(67)50-47-44-41-38-35-24-21-18-15-12-9-6-3/h16,19,25-26,28-29,31-32,35,38,46,49,54-57,59-61,63,65-67,69-70H,4-15,17-18,20-24,27,30,33-34,36-37,39-45,47-48,50-53H2,1-3H3,(H,64,71)/b19-16-,26-25-,29-28-,32-31-,38-35-,49-46+. The van der Waals surface area contributed by atoms with Crippen molar-refractivity contribution in [3.63, 3.8) is 0 Å². The minimum Gasteiger partial charge on any atom is -0.454 e. The Morgan fingerprint density at radius 1 is 0.527 bits per heavy atom. The van der Waals surface area contributed by atoms with Gasteiger partial charge in [0.05, 0.1) is 25.4 Å². The highest BCUT2D eigenvalue weighted by Crippen LogP contribution is 2.26. The van der Waals surface area contributed by atoms with Crippen LogP contribution in [0.4, 0.5) is 0 Å².